The second-order valence-corrected chi connectivity index (χ2v) is 6.39. The molecule has 114 valence electrons. The quantitative estimate of drug-likeness (QED) is 0.771. The van der Waals surface area contributed by atoms with E-state index in [1.165, 1.54) is 12.5 Å². The number of urea groups is 1. The van der Waals surface area contributed by atoms with Gasteiger partial charge in [-0.3, -0.25) is 0 Å². The van der Waals surface area contributed by atoms with Gasteiger partial charge in [-0.2, -0.15) is 0 Å². The SMILES string of the molecule is CC1CCCC(NC(=O)Nc2c(Br)cccc2C(=O)O)C1. The molecular formula is C15H19BrN2O3. The van der Waals surface area contributed by atoms with E-state index in [1.807, 2.05) is 0 Å². The van der Waals surface area contributed by atoms with Gasteiger partial charge in [-0.25, -0.2) is 9.59 Å². The van der Waals surface area contributed by atoms with Crippen LogP contribution in [0.2, 0.25) is 0 Å². The standard InChI is InChI=1S/C15H19BrN2O3/c1-9-4-2-5-10(8-9)17-15(21)18-13-11(14(19)20)6-3-7-12(13)16/h3,6-7,9-10H,2,4-5,8H2,1H3,(H,19,20)(H2,17,18,21). The Morgan fingerprint density at radius 3 is 2.76 bits per heavy atom. The summed E-state index contributed by atoms with van der Waals surface area (Å²) < 4.78 is 0.551. The van der Waals surface area contributed by atoms with Crippen LogP contribution in [0.5, 0.6) is 0 Å². The fourth-order valence-electron chi connectivity index (χ4n) is 2.73. The van der Waals surface area contributed by atoms with Gasteiger partial charge in [0.1, 0.15) is 0 Å². The summed E-state index contributed by atoms with van der Waals surface area (Å²) in [7, 11) is 0. The minimum absolute atomic E-state index is 0.0662. The minimum Gasteiger partial charge on any atom is -0.478 e. The Morgan fingerprint density at radius 1 is 1.33 bits per heavy atom. The Labute approximate surface area is 132 Å². The Kier molecular flexibility index (Phi) is 5.22. The number of nitrogens with one attached hydrogen (secondary N) is 2. The average Bonchev–Trinajstić information content (AvgIpc) is 2.40. The van der Waals surface area contributed by atoms with Crippen LogP contribution in [-0.4, -0.2) is 23.1 Å². The molecule has 0 saturated heterocycles. The highest BCUT2D eigenvalue weighted by atomic mass is 79.9. The van der Waals surface area contributed by atoms with E-state index in [2.05, 4.69) is 33.5 Å². The molecule has 2 rings (SSSR count). The molecule has 5 nitrogen and oxygen atoms in total. The number of hydrogen-bond acceptors (Lipinski definition) is 2. The maximum Gasteiger partial charge on any atom is 0.337 e. The van der Waals surface area contributed by atoms with Crippen LogP contribution in [0.3, 0.4) is 0 Å². The van der Waals surface area contributed by atoms with E-state index in [0.29, 0.717) is 10.4 Å². The lowest BCUT2D eigenvalue weighted by atomic mass is 9.87. The summed E-state index contributed by atoms with van der Waals surface area (Å²) in [5, 5.41) is 14.7. The van der Waals surface area contributed by atoms with Crippen molar-refractivity contribution in [3.05, 3.63) is 28.2 Å². The Bertz CT molecular complexity index is 548. The number of halogens is 1. The zero-order valence-corrected chi connectivity index (χ0v) is 13.4. The molecule has 1 aliphatic carbocycles. The van der Waals surface area contributed by atoms with Crippen molar-refractivity contribution in [3.8, 4) is 0 Å². The highest BCUT2D eigenvalue weighted by molar-refractivity contribution is 9.10. The van der Waals surface area contributed by atoms with Crippen molar-refractivity contribution in [2.75, 3.05) is 5.32 Å². The van der Waals surface area contributed by atoms with Crippen LogP contribution in [0.4, 0.5) is 10.5 Å². The maximum absolute atomic E-state index is 12.1. The zero-order chi connectivity index (χ0) is 15.4. The first-order valence-corrected chi connectivity index (χ1v) is 7.86. The summed E-state index contributed by atoms with van der Waals surface area (Å²) in [6, 6.07) is 4.59. The second kappa shape index (κ2) is 6.93. The van der Waals surface area contributed by atoms with E-state index in [0.717, 1.165) is 19.3 Å². The number of hydrogen-bond donors (Lipinski definition) is 3. The van der Waals surface area contributed by atoms with Crippen LogP contribution in [-0.2, 0) is 0 Å². The number of aromatic carboxylic acids is 1. The molecule has 1 aromatic rings. The van der Waals surface area contributed by atoms with Crippen molar-refractivity contribution in [1.29, 1.82) is 0 Å². The minimum atomic E-state index is -1.07. The summed E-state index contributed by atoms with van der Waals surface area (Å²) in [6.07, 6.45) is 4.25. The molecule has 1 fully saturated rings. The van der Waals surface area contributed by atoms with E-state index in [9.17, 15) is 9.59 Å². The van der Waals surface area contributed by atoms with Crippen LogP contribution in [0.15, 0.2) is 22.7 Å². The van der Waals surface area contributed by atoms with Gasteiger partial charge in [0.25, 0.3) is 0 Å². The van der Waals surface area contributed by atoms with Gasteiger partial charge in [0, 0.05) is 10.5 Å². The van der Waals surface area contributed by atoms with E-state index >= 15 is 0 Å². The molecule has 2 atom stereocenters. The van der Waals surface area contributed by atoms with Crippen molar-refractivity contribution in [2.45, 2.75) is 38.6 Å². The number of rotatable bonds is 3. The maximum atomic E-state index is 12.1. The van der Waals surface area contributed by atoms with Gasteiger partial charge in [0.05, 0.1) is 11.3 Å². The Morgan fingerprint density at radius 2 is 2.10 bits per heavy atom. The third kappa shape index (κ3) is 4.20. The van der Waals surface area contributed by atoms with Gasteiger partial charge in [-0.1, -0.05) is 25.8 Å². The van der Waals surface area contributed by atoms with Crippen molar-refractivity contribution >= 4 is 33.6 Å². The van der Waals surface area contributed by atoms with E-state index in [-0.39, 0.29) is 23.3 Å². The summed E-state index contributed by atoms with van der Waals surface area (Å²) in [6.45, 7) is 2.18. The van der Waals surface area contributed by atoms with Gasteiger partial charge in [-0.15, -0.1) is 0 Å². The number of carbonyl (C=O) groups is 2. The molecule has 0 bridgehead atoms. The summed E-state index contributed by atoms with van der Waals surface area (Å²) in [5.41, 5.74) is 0.350. The third-order valence-electron chi connectivity index (χ3n) is 3.75. The lowest BCUT2D eigenvalue weighted by Crippen LogP contribution is -2.40. The van der Waals surface area contributed by atoms with E-state index in [4.69, 9.17) is 5.11 Å². The molecular weight excluding hydrogens is 336 g/mol. The summed E-state index contributed by atoms with van der Waals surface area (Å²) in [5.74, 6) is -0.458. The molecule has 21 heavy (non-hydrogen) atoms. The summed E-state index contributed by atoms with van der Waals surface area (Å²) >= 11 is 3.27. The number of amides is 2. The van der Waals surface area contributed by atoms with Crippen LogP contribution in [0.1, 0.15) is 43.0 Å². The zero-order valence-electron chi connectivity index (χ0n) is 11.9. The first kappa shape index (κ1) is 15.8. The topological polar surface area (TPSA) is 78.4 Å². The third-order valence-corrected chi connectivity index (χ3v) is 4.41. The van der Waals surface area contributed by atoms with Crippen molar-refractivity contribution < 1.29 is 14.7 Å². The smallest absolute Gasteiger partial charge is 0.337 e. The van der Waals surface area contributed by atoms with Crippen LogP contribution in [0.25, 0.3) is 0 Å². The van der Waals surface area contributed by atoms with Gasteiger partial charge < -0.3 is 15.7 Å². The average molecular weight is 355 g/mol. The molecule has 1 aliphatic rings. The van der Waals surface area contributed by atoms with Gasteiger partial charge in [0.15, 0.2) is 0 Å². The molecule has 0 radical (unpaired) electrons. The fraction of sp³-hybridized carbons (Fsp3) is 0.467. The molecule has 2 amide bonds. The number of anilines is 1. The Hall–Kier alpha value is -1.56. The first-order chi connectivity index (χ1) is 9.97. The lowest BCUT2D eigenvalue weighted by molar-refractivity contribution is 0.0698. The number of carboxylic acids is 1. The van der Waals surface area contributed by atoms with Gasteiger partial charge in [-0.05, 0) is 46.8 Å². The molecule has 0 spiro atoms. The summed E-state index contributed by atoms with van der Waals surface area (Å²) in [4.78, 5) is 23.3. The number of carboxylic acid groups (broad SMARTS) is 1. The van der Waals surface area contributed by atoms with E-state index in [1.54, 1.807) is 12.1 Å². The van der Waals surface area contributed by atoms with Crippen LogP contribution < -0.4 is 10.6 Å². The Balaban J connectivity index is 2.04. The number of benzene rings is 1. The van der Waals surface area contributed by atoms with Crippen LogP contribution >= 0.6 is 15.9 Å². The van der Waals surface area contributed by atoms with Gasteiger partial charge in [0.2, 0.25) is 0 Å². The monoisotopic (exact) mass is 354 g/mol. The molecule has 0 heterocycles. The molecule has 6 heteroatoms. The number of para-hydroxylation sites is 1. The molecule has 1 saturated carbocycles. The largest absolute Gasteiger partial charge is 0.478 e. The molecule has 1 aromatic carbocycles. The lowest BCUT2D eigenvalue weighted by Gasteiger charge is -2.27. The van der Waals surface area contributed by atoms with Crippen LogP contribution in [0, 0.1) is 5.92 Å². The van der Waals surface area contributed by atoms with Gasteiger partial charge >= 0.3 is 12.0 Å². The molecule has 3 N–H and O–H groups in total. The van der Waals surface area contributed by atoms with Crippen molar-refractivity contribution in [1.82, 2.24) is 5.32 Å². The first-order valence-electron chi connectivity index (χ1n) is 7.06. The normalized spacial score (nSPS) is 21.6. The second-order valence-electron chi connectivity index (χ2n) is 5.53. The predicted octanol–water partition coefficient (Wildman–Crippen LogP) is 3.85. The predicted molar refractivity (Wildman–Crippen MR) is 84.7 cm³/mol. The van der Waals surface area contributed by atoms with Crippen molar-refractivity contribution in [3.63, 3.8) is 0 Å². The fourth-order valence-corrected chi connectivity index (χ4v) is 3.19. The van der Waals surface area contributed by atoms with Crippen molar-refractivity contribution in [2.24, 2.45) is 5.92 Å². The molecule has 0 aliphatic heterocycles. The van der Waals surface area contributed by atoms with E-state index < -0.39 is 5.97 Å². The highest BCUT2D eigenvalue weighted by Gasteiger charge is 2.21. The highest BCUT2D eigenvalue weighted by Crippen LogP contribution is 2.27. The molecule has 0 aromatic heterocycles. The number of carbonyl (C=O) groups excluding carboxylic acids is 1. The molecule has 2 unspecified atom stereocenters.